The molecule has 0 aromatic heterocycles. The van der Waals surface area contributed by atoms with E-state index >= 15 is 0 Å². The fourth-order valence-corrected chi connectivity index (χ4v) is 3.55. The van der Waals surface area contributed by atoms with Crippen LogP contribution in [0, 0.1) is 12.3 Å². The van der Waals surface area contributed by atoms with E-state index in [2.05, 4.69) is 39.8 Å². The topological polar surface area (TPSA) is 27.6 Å². The summed E-state index contributed by atoms with van der Waals surface area (Å²) in [6.07, 6.45) is 6.45. The summed E-state index contributed by atoms with van der Waals surface area (Å²) >= 11 is 3.86. The van der Waals surface area contributed by atoms with Gasteiger partial charge < -0.3 is 10.2 Å². The van der Waals surface area contributed by atoms with Gasteiger partial charge in [0.15, 0.2) is 5.96 Å². The second-order valence-corrected chi connectivity index (χ2v) is 6.59. The average molecular weight is 285 g/mol. The number of guanidine groups is 1. The second-order valence-electron chi connectivity index (χ2n) is 4.08. The van der Waals surface area contributed by atoms with Crippen LogP contribution in [0.25, 0.3) is 0 Å². The van der Waals surface area contributed by atoms with E-state index in [9.17, 15) is 0 Å². The maximum atomic E-state index is 5.22. The zero-order valence-electron chi connectivity index (χ0n) is 11.3. The normalized spacial score (nSPS) is 20.6. The van der Waals surface area contributed by atoms with E-state index in [0.29, 0.717) is 0 Å². The van der Waals surface area contributed by atoms with E-state index in [0.717, 1.165) is 42.3 Å². The highest BCUT2D eigenvalue weighted by molar-refractivity contribution is 8.00. The van der Waals surface area contributed by atoms with Crippen molar-refractivity contribution in [1.82, 2.24) is 10.2 Å². The Kier molecular flexibility index (Phi) is 8.19. The number of hydrogen-bond donors (Lipinski definition) is 1. The summed E-state index contributed by atoms with van der Waals surface area (Å²) in [6, 6.07) is 0. The van der Waals surface area contributed by atoms with Crippen LogP contribution in [0.3, 0.4) is 0 Å². The van der Waals surface area contributed by atoms with Crippen LogP contribution in [0.2, 0.25) is 0 Å². The van der Waals surface area contributed by atoms with Crippen molar-refractivity contribution < 1.29 is 0 Å². The third-order valence-corrected chi connectivity index (χ3v) is 5.06. The van der Waals surface area contributed by atoms with Gasteiger partial charge in [-0.3, -0.25) is 4.99 Å². The zero-order chi connectivity index (χ0) is 13.2. The molecule has 0 amide bonds. The molecule has 1 fully saturated rings. The molecule has 1 saturated heterocycles. The maximum Gasteiger partial charge on any atom is 0.193 e. The number of aliphatic imine (C=N–C) groups is 1. The molecule has 0 spiro atoms. The van der Waals surface area contributed by atoms with Crippen LogP contribution in [0.4, 0.5) is 0 Å². The van der Waals surface area contributed by atoms with Crippen LogP contribution >= 0.6 is 23.5 Å². The minimum Gasteiger partial charge on any atom is -0.355 e. The number of terminal acetylenes is 1. The fourth-order valence-electron chi connectivity index (χ4n) is 1.86. The Bertz CT molecular complexity index is 299. The lowest BCUT2D eigenvalue weighted by molar-refractivity contribution is 0.409. The minimum atomic E-state index is 0.744. The van der Waals surface area contributed by atoms with Crippen molar-refractivity contribution in [3.63, 3.8) is 0 Å². The Balaban J connectivity index is 2.30. The molecule has 1 atom stereocenters. The molecule has 5 heteroatoms. The molecule has 1 heterocycles. The van der Waals surface area contributed by atoms with Gasteiger partial charge in [0.2, 0.25) is 0 Å². The first-order chi connectivity index (χ1) is 8.81. The number of nitrogens with one attached hydrogen (secondary N) is 1. The minimum absolute atomic E-state index is 0.744. The largest absolute Gasteiger partial charge is 0.355 e. The maximum absolute atomic E-state index is 5.22. The number of rotatable bonds is 5. The van der Waals surface area contributed by atoms with E-state index in [4.69, 9.17) is 6.42 Å². The predicted octanol–water partition coefficient (Wildman–Crippen LogP) is 1.76. The molecule has 1 unspecified atom stereocenters. The first-order valence-corrected chi connectivity index (χ1v) is 8.60. The van der Waals surface area contributed by atoms with Crippen molar-refractivity contribution in [3.05, 3.63) is 0 Å². The molecule has 1 aliphatic rings. The summed E-state index contributed by atoms with van der Waals surface area (Å²) in [5, 5.41) is 4.16. The van der Waals surface area contributed by atoms with Gasteiger partial charge in [-0.15, -0.1) is 18.2 Å². The lowest BCUT2D eigenvalue weighted by Crippen LogP contribution is -2.48. The molecule has 0 aliphatic carbocycles. The van der Waals surface area contributed by atoms with Gasteiger partial charge in [0, 0.05) is 43.4 Å². The third-order valence-electron chi connectivity index (χ3n) is 2.82. The molecule has 18 heavy (non-hydrogen) atoms. The lowest BCUT2D eigenvalue weighted by Gasteiger charge is -2.34. The highest BCUT2D eigenvalue weighted by Crippen LogP contribution is 2.20. The average Bonchev–Trinajstić information content (AvgIpc) is 2.43. The van der Waals surface area contributed by atoms with Crippen molar-refractivity contribution in [1.29, 1.82) is 0 Å². The van der Waals surface area contributed by atoms with Gasteiger partial charge in [-0.2, -0.15) is 11.8 Å². The molecule has 3 nitrogen and oxygen atoms in total. The Morgan fingerprint density at radius 2 is 2.50 bits per heavy atom. The van der Waals surface area contributed by atoms with Crippen LogP contribution in [0.15, 0.2) is 4.99 Å². The molecule has 0 saturated carbocycles. The second kappa shape index (κ2) is 9.46. The molecule has 0 radical (unpaired) electrons. The lowest BCUT2D eigenvalue weighted by atomic mass is 10.3. The van der Waals surface area contributed by atoms with E-state index in [1.807, 2.05) is 7.05 Å². The molecular formula is C13H23N3S2. The van der Waals surface area contributed by atoms with Gasteiger partial charge in [-0.05, 0) is 6.42 Å². The molecule has 102 valence electrons. The molecule has 1 N–H and O–H groups in total. The first-order valence-electron chi connectivity index (χ1n) is 6.40. The van der Waals surface area contributed by atoms with E-state index in [1.165, 1.54) is 12.2 Å². The summed E-state index contributed by atoms with van der Waals surface area (Å²) in [4.78, 5) is 6.74. The third kappa shape index (κ3) is 5.45. The first kappa shape index (κ1) is 15.6. The fraction of sp³-hybridized carbons (Fsp3) is 0.769. The van der Waals surface area contributed by atoms with Gasteiger partial charge in [0.25, 0.3) is 0 Å². The highest BCUT2D eigenvalue weighted by Gasteiger charge is 2.20. The zero-order valence-corrected chi connectivity index (χ0v) is 12.9. The Labute approximate surface area is 120 Å². The van der Waals surface area contributed by atoms with Crippen LogP contribution in [0.5, 0.6) is 0 Å². The van der Waals surface area contributed by atoms with Crippen LogP contribution in [0.1, 0.15) is 13.3 Å². The SMILES string of the molecule is C#CCSCCNC(=NC)N1CCSC(CC)C1. The number of thioether (sulfide) groups is 2. The summed E-state index contributed by atoms with van der Waals surface area (Å²) in [5.74, 6) is 6.70. The van der Waals surface area contributed by atoms with Gasteiger partial charge in [-0.25, -0.2) is 0 Å². The number of hydrogen-bond acceptors (Lipinski definition) is 3. The molecular weight excluding hydrogens is 262 g/mol. The van der Waals surface area contributed by atoms with Crippen molar-refractivity contribution in [3.8, 4) is 12.3 Å². The van der Waals surface area contributed by atoms with Crippen LogP contribution in [-0.4, -0.2) is 60.0 Å². The molecule has 0 bridgehead atoms. The molecule has 0 aromatic rings. The van der Waals surface area contributed by atoms with E-state index in [1.54, 1.807) is 11.8 Å². The Morgan fingerprint density at radius 1 is 1.67 bits per heavy atom. The van der Waals surface area contributed by atoms with Crippen molar-refractivity contribution in [2.24, 2.45) is 4.99 Å². The van der Waals surface area contributed by atoms with Crippen molar-refractivity contribution in [2.75, 3.05) is 43.9 Å². The number of nitrogens with zero attached hydrogens (tertiary/aromatic N) is 2. The Hall–Kier alpha value is -0.470. The van der Waals surface area contributed by atoms with Gasteiger partial charge in [0.1, 0.15) is 0 Å². The van der Waals surface area contributed by atoms with Crippen LogP contribution < -0.4 is 5.32 Å². The summed E-state index contributed by atoms with van der Waals surface area (Å²) in [7, 11) is 1.86. The van der Waals surface area contributed by atoms with Gasteiger partial charge in [-0.1, -0.05) is 12.8 Å². The smallest absolute Gasteiger partial charge is 0.193 e. The standard InChI is InChI=1S/C13H23N3S2/c1-4-8-17-9-6-15-13(14-3)16-7-10-18-12(5-2)11-16/h1,12H,5-11H2,2-3H3,(H,14,15). The highest BCUT2D eigenvalue weighted by atomic mass is 32.2. The van der Waals surface area contributed by atoms with Crippen molar-refractivity contribution >= 4 is 29.5 Å². The quantitative estimate of drug-likeness (QED) is 0.360. The predicted molar refractivity (Wildman–Crippen MR) is 85.6 cm³/mol. The van der Waals surface area contributed by atoms with Gasteiger partial charge in [0.05, 0.1) is 5.75 Å². The monoisotopic (exact) mass is 285 g/mol. The van der Waals surface area contributed by atoms with Crippen molar-refractivity contribution in [2.45, 2.75) is 18.6 Å². The molecule has 1 rings (SSSR count). The van der Waals surface area contributed by atoms with Gasteiger partial charge >= 0.3 is 0 Å². The van der Waals surface area contributed by atoms with E-state index < -0.39 is 0 Å². The molecule has 1 aliphatic heterocycles. The molecule has 0 aromatic carbocycles. The van der Waals surface area contributed by atoms with E-state index in [-0.39, 0.29) is 0 Å². The summed E-state index contributed by atoms with van der Waals surface area (Å²) < 4.78 is 0. The Morgan fingerprint density at radius 3 is 3.17 bits per heavy atom. The summed E-state index contributed by atoms with van der Waals surface area (Å²) in [5.41, 5.74) is 0. The summed E-state index contributed by atoms with van der Waals surface area (Å²) in [6.45, 7) is 5.39. The van der Waals surface area contributed by atoms with Crippen LogP contribution in [-0.2, 0) is 0 Å².